The fraction of sp³-hybridized carbons (Fsp3) is 0.647. The molecule has 0 atom stereocenters. The number of anilines is 1. The molecule has 1 saturated heterocycles. The van der Waals surface area contributed by atoms with Gasteiger partial charge < -0.3 is 10.0 Å². The van der Waals surface area contributed by atoms with Crippen LogP contribution in [-0.4, -0.2) is 18.2 Å². The Balaban J connectivity index is 1.75. The van der Waals surface area contributed by atoms with Gasteiger partial charge in [-0.25, -0.2) is 4.39 Å². The Bertz CT molecular complexity index is 458. The highest BCUT2D eigenvalue weighted by Gasteiger charge is 2.36. The number of hydrogen-bond acceptors (Lipinski definition) is 2. The quantitative estimate of drug-likeness (QED) is 0.887. The van der Waals surface area contributed by atoms with Crippen LogP contribution in [-0.2, 0) is 6.61 Å². The predicted molar refractivity (Wildman–Crippen MR) is 79.3 cm³/mol. The van der Waals surface area contributed by atoms with Crippen LogP contribution < -0.4 is 4.90 Å². The first kappa shape index (κ1) is 13.9. The van der Waals surface area contributed by atoms with Gasteiger partial charge in [0.05, 0.1) is 12.3 Å². The van der Waals surface area contributed by atoms with Gasteiger partial charge in [0.2, 0.25) is 0 Å². The summed E-state index contributed by atoms with van der Waals surface area (Å²) >= 11 is 0. The Hall–Kier alpha value is -1.09. The second-order valence-corrected chi connectivity index (χ2v) is 6.45. The summed E-state index contributed by atoms with van der Waals surface area (Å²) in [6.45, 7) is 1.76. The summed E-state index contributed by atoms with van der Waals surface area (Å²) in [6, 6.07) is 5.00. The van der Waals surface area contributed by atoms with E-state index in [4.69, 9.17) is 0 Å². The standard InChI is InChI=1S/C17H24FNO/c18-15-6-4-5-14(13-20)16(15)19-11-9-17(10-12-19)7-2-1-3-8-17/h4-6,20H,1-3,7-13H2. The van der Waals surface area contributed by atoms with Crippen LogP contribution in [0.3, 0.4) is 0 Å². The lowest BCUT2D eigenvalue weighted by atomic mass is 9.68. The van der Waals surface area contributed by atoms with Crippen LogP contribution in [0.2, 0.25) is 0 Å². The highest BCUT2D eigenvalue weighted by Crippen LogP contribution is 2.45. The zero-order chi connectivity index (χ0) is 14.0. The summed E-state index contributed by atoms with van der Waals surface area (Å²) in [6.07, 6.45) is 9.16. The van der Waals surface area contributed by atoms with Crippen LogP contribution in [0.25, 0.3) is 0 Å². The van der Waals surface area contributed by atoms with E-state index in [0.29, 0.717) is 16.7 Å². The molecule has 1 N–H and O–H groups in total. The minimum Gasteiger partial charge on any atom is -0.392 e. The summed E-state index contributed by atoms with van der Waals surface area (Å²) in [4.78, 5) is 2.14. The molecule has 2 aliphatic rings. The SMILES string of the molecule is OCc1cccc(F)c1N1CCC2(CCCCC2)CC1. The van der Waals surface area contributed by atoms with E-state index in [1.165, 1.54) is 51.0 Å². The first-order chi connectivity index (χ1) is 9.74. The molecule has 0 aromatic heterocycles. The van der Waals surface area contributed by atoms with Gasteiger partial charge in [-0.05, 0) is 37.2 Å². The summed E-state index contributed by atoms with van der Waals surface area (Å²) in [5.74, 6) is -0.198. The number of rotatable bonds is 2. The van der Waals surface area contributed by atoms with Gasteiger partial charge in [-0.15, -0.1) is 0 Å². The maximum absolute atomic E-state index is 14.1. The van der Waals surface area contributed by atoms with Crippen molar-refractivity contribution in [2.24, 2.45) is 5.41 Å². The van der Waals surface area contributed by atoms with Crippen molar-refractivity contribution in [2.45, 2.75) is 51.6 Å². The molecule has 0 bridgehead atoms. The fourth-order valence-corrected chi connectivity index (χ4v) is 4.05. The van der Waals surface area contributed by atoms with Crippen LogP contribution in [0, 0.1) is 11.2 Å². The number of benzene rings is 1. The van der Waals surface area contributed by atoms with E-state index in [1.807, 2.05) is 6.07 Å². The highest BCUT2D eigenvalue weighted by atomic mass is 19.1. The van der Waals surface area contributed by atoms with Gasteiger partial charge in [0.25, 0.3) is 0 Å². The third-order valence-corrected chi connectivity index (χ3v) is 5.30. The zero-order valence-electron chi connectivity index (χ0n) is 12.1. The van der Waals surface area contributed by atoms with Crippen LogP contribution in [0.5, 0.6) is 0 Å². The van der Waals surface area contributed by atoms with Crippen molar-refractivity contribution in [3.8, 4) is 0 Å². The third kappa shape index (κ3) is 2.56. The van der Waals surface area contributed by atoms with Crippen molar-refractivity contribution < 1.29 is 9.50 Å². The number of hydrogen-bond donors (Lipinski definition) is 1. The molecular formula is C17H24FNO. The van der Waals surface area contributed by atoms with E-state index in [9.17, 15) is 9.50 Å². The van der Waals surface area contributed by atoms with E-state index in [1.54, 1.807) is 6.07 Å². The maximum atomic E-state index is 14.1. The molecule has 0 unspecified atom stereocenters. The molecule has 2 nitrogen and oxygen atoms in total. The molecule has 1 aliphatic carbocycles. The van der Waals surface area contributed by atoms with E-state index in [-0.39, 0.29) is 12.4 Å². The summed E-state index contributed by atoms with van der Waals surface area (Å²) in [5, 5.41) is 9.42. The Kier molecular flexibility index (Phi) is 3.97. The lowest BCUT2D eigenvalue weighted by Crippen LogP contribution is -2.41. The highest BCUT2D eigenvalue weighted by molar-refractivity contribution is 5.55. The number of aliphatic hydroxyl groups excluding tert-OH is 1. The van der Waals surface area contributed by atoms with Crippen LogP contribution in [0.15, 0.2) is 18.2 Å². The van der Waals surface area contributed by atoms with Crippen molar-refractivity contribution in [1.29, 1.82) is 0 Å². The largest absolute Gasteiger partial charge is 0.392 e. The Morgan fingerprint density at radius 1 is 1.05 bits per heavy atom. The lowest BCUT2D eigenvalue weighted by Gasteiger charge is -2.45. The first-order valence-corrected chi connectivity index (χ1v) is 7.87. The number of piperidine rings is 1. The average molecular weight is 277 g/mol. The third-order valence-electron chi connectivity index (χ3n) is 5.30. The second-order valence-electron chi connectivity index (χ2n) is 6.45. The lowest BCUT2D eigenvalue weighted by molar-refractivity contribution is 0.144. The number of aliphatic hydroxyl groups is 1. The number of para-hydroxylation sites is 1. The topological polar surface area (TPSA) is 23.5 Å². The van der Waals surface area contributed by atoms with Crippen LogP contribution in [0.4, 0.5) is 10.1 Å². The maximum Gasteiger partial charge on any atom is 0.146 e. The van der Waals surface area contributed by atoms with Crippen LogP contribution >= 0.6 is 0 Å². The minimum absolute atomic E-state index is 0.0886. The Labute approximate surface area is 120 Å². The molecule has 1 heterocycles. The van der Waals surface area contributed by atoms with Gasteiger partial charge in [0.1, 0.15) is 5.82 Å². The molecule has 110 valence electrons. The van der Waals surface area contributed by atoms with Crippen LogP contribution in [0.1, 0.15) is 50.5 Å². The Morgan fingerprint density at radius 2 is 1.75 bits per heavy atom. The molecule has 1 aliphatic heterocycles. The van der Waals surface area contributed by atoms with Crippen molar-refractivity contribution >= 4 is 5.69 Å². The molecule has 0 amide bonds. The molecule has 0 radical (unpaired) electrons. The summed E-state index contributed by atoms with van der Waals surface area (Å²) in [7, 11) is 0. The molecule has 1 spiro atoms. The monoisotopic (exact) mass is 277 g/mol. The normalized spacial score (nSPS) is 22.2. The number of halogens is 1. The van der Waals surface area contributed by atoms with Crippen molar-refractivity contribution in [3.63, 3.8) is 0 Å². The summed E-state index contributed by atoms with van der Waals surface area (Å²) < 4.78 is 14.1. The van der Waals surface area contributed by atoms with Crippen molar-refractivity contribution in [2.75, 3.05) is 18.0 Å². The van der Waals surface area contributed by atoms with Gasteiger partial charge in [-0.2, -0.15) is 0 Å². The number of nitrogens with zero attached hydrogens (tertiary/aromatic N) is 1. The predicted octanol–water partition coefficient (Wildman–Crippen LogP) is 3.87. The van der Waals surface area contributed by atoms with Gasteiger partial charge in [0.15, 0.2) is 0 Å². The van der Waals surface area contributed by atoms with E-state index >= 15 is 0 Å². The molecule has 3 rings (SSSR count). The zero-order valence-corrected chi connectivity index (χ0v) is 12.1. The molecule has 1 aromatic rings. The molecular weight excluding hydrogens is 253 g/mol. The minimum atomic E-state index is -0.198. The Morgan fingerprint density at radius 3 is 2.40 bits per heavy atom. The molecule has 1 saturated carbocycles. The van der Waals surface area contributed by atoms with E-state index in [2.05, 4.69) is 4.90 Å². The van der Waals surface area contributed by atoms with Gasteiger partial charge >= 0.3 is 0 Å². The van der Waals surface area contributed by atoms with Gasteiger partial charge in [-0.3, -0.25) is 0 Å². The fourth-order valence-electron chi connectivity index (χ4n) is 4.05. The van der Waals surface area contributed by atoms with E-state index < -0.39 is 0 Å². The van der Waals surface area contributed by atoms with E-state index in [0.717, 1.165) is 13.1 Å². The first-order valence-electron chi connectivity index (χ1n) is 7.87. The molecule has 1 aromatic carbocycles. The van der Waals surface area contributed by atoms with Gasteiger partial charge in [-0.1, -0.05) is 31.4 Å². The van der Waals surface area contributed by atoms with Crippen molar-refractivity contribution in [3.05, 3.63) is 29.6 Å². The second kappa shape index (κ2) is 5.72. The smallest absolute Gasteiger partial charge is 0.146 e. The van der Waals surface area contributed by atoms with Crippen molar-refractivity contribution in [1.82, 2.24) is 0 Å². The molecule has 20 heavy (non-hydrogen) atoms. The average Bonchev–Trinajstić information content (AvgIpc) is 2.49. The molecule has 3 heteroatoms. The van der Waals surface area contributed by atoms with Gasteiger partial charge in [0, 0.05) is 18.7 Å². The molecule has 2 fully saturated rings. The summed E-state index contributed by atoms with van der Waals surface area (Å²) in [5.41, 5.74) is 1.87.